The van der Waals surface area contributed by atoms with Gasteiger partial charge in [0.2, 0.25) is 0 Å². The maximum absolute atomic E-state index is 6.35. The smallest absolute Gasteiger partial charge is 0.162 e. The maximum Gasteiger partial charge on any atom is 0.162 e. The van der Waals surface area contributed by atoms with E-state index in [2.05, 4.69) is 22.9 Å². The summed E-state index contributed by atoms with van der Waals surface area (Å²) in [6, 6.07) is 3.69. The Morgan fingerprint density at radius 1 is 1.32 bits per heavy atom. The predicted octanol–water partition coefficient (Wildman–Crippen LogP) is 4.36. The van der Waals surface area contributed by atoms with E-state index >= 15 is 0 Å². The molecule has 3 nitrogen and oxygen atoms in total. The molecule has 0 N–H and O–H groups in total. The minimum Gasteiger partial charge on any atom is -0.493 e. The van der Waals surface area contributed by atoms with Crippen LogP contribution in [0.1, 0.15) is 30.2 Å². The molecule has 0 saturated carbocycles. The lowest BCUT2D eigenvalue weighted by Gasteiger charge is -2.30. The van der Waals surface area contributed by atoms with E-state index in [1.165, 1.54) is 0 Å². The molecule has 1 aliphatic rings. The lowest BCUT2D eigenvalue weighted by Crippen LogP contribution is -2.28. The Labute approximate surface area is 127 Å². The maximum atomic E-state index is 6.35. The molecule has 2 rings (SSSR count). The van der Waals surface area contributed by atoms with Crippen LogP contribution in [-0.4, -0.2) is 26.4 Å². The number of methoxy groups -OCH3 is 2. The molecule has 2 atom stereocenters. The first-order chi connectivity index (χ1) is 9.01. The Bertz CT molecular complexity index is 458. The van der Waals surface area contributed by atoms with Crippen LogP contribution < -0.4 is 9.47 Å². The van der Waals surface area contributed by atoms with E-state index in [0.29, 0.717) is 16.5 Å². The lowest BCUT2D eigenvalue weighted by atomic mass is 9.93. The number of alkyl halides is 1. The van der Waals surface area contributed by atoms with E-state index in [4.69, 9.17) is 25.8 Å². The second-order valence-corrected chi connectivity index (χ2v) is 6.18. The highest BCUT2D eigenvalue weighted by Gasteiger charge is 2.39. The Morgan fingerprint density at radius 2 is 1.95 bits per heavy atom. The van der Waals surface area contributed by atoms with Crippen LogP contribution in [0.4, 0.5) is 0 Å². The number of halogens is 2. The first kappa shape index (κ1) is 14.9. The first-order valence-corrected chi connectivity index (χ1v) is 7.50. The normalized spacial score (nSPS) is 24.3. The van der Waals surface area contributed by atoms with Crippen molar-refractivity contribution in [2.45, 2.75) is 30.2 Å². The summed E-state index contributed by atoms with van der Waals surface area (Å²) in [6.07, 6.45) is 2.08. The summed E-state index contributed by atoms with van der Waals surface area (Å²) in [7, 11) is 3.22. The van der Waals surface area contributed by atoms with E-state index in [1.807, 2.05) is 6.07 Å². The molecule has 0 aliphatic carbocycles. The van der Waals surface area contributed by atoms with E-state index in [1.54, 1.807) is 20.3 Å². The summed E-state index contributed by atoms with van der Waals surface area (Å²) in [5, 5.41) is 0.649. The van der Waals surface area contributed by atoms with E-state index < -0.39 is 0 Å². The van der Waals surface area contributed by atoms with Gasteiger partial charge in [-0.2, -0.15) is 0 Å². The highest BCUT2D eigenvalue weighted by atomic mass is 79.9. The lowest BCUT2D eigenvalue weighted by molar-refractivity contribution is 0.0197. The standard InChI is InChI=1S/C14H18BrClO3/c1-14(5-4-6-19-14)13(15)9-7-11(17-2)12(18-3)8-10(9)16/h7-8,13H,4-6H2,1-3H3. The molecule has 19 heavy (non-hydrogen) atoms. The molecule has 1 fully saturated rings. The summed E-state index contributed by atoms with van der Waals surface area (Å²) in [5.41, 5.74) is 0.729. The van der Waals surface area contributed by atoms with Crippen molar-refractivity contribution in [3.63, 3.8) is 0 Å². The Morgan fingerprint density at radius 3 is 2.47 bits per heavy atom. The van der Waals surface area contributed by atoms with Gasteiger partial charge in [0, 0.05) is 17.7 Å². The van der Waals surface area contributed by atoms with Crippen molar-refractivity contribution >= 4 is 27.5 Å². The highest BCUT2D eigenvalue weighted by Crippen LogP contribution is 2.47. The molecule has 5 heteroatoms. The van der Waals surface area contributed by atoms with Crippen molar-refractivity contribution in [3.05, 3.63) is 22.7 Å². The van der Waals surface area contributed by atoms with Gasteiger partial charge < -0.3 is 14.2 Å². The Kier molecular flexibility index (Phi) is 4.64. The molecule has 1 heterocycles. The third-order valence-corrected chi connectivity index (χ3v) is 5.35. The van der Waals surface area contributed by atoms with Crippen LogP contribution in [0.15, 0.2) is 12.1 Å². The van der Waals surface area contributed by atoms with E-state index in [9.17, 15) is 0 Å². The molecule has 0 amide bonds. The number of rotatable bonds is 4. The van der Waals surface area contributed by atoms with Gasteiger partial charge in [0.25, 0.3) is 0 Å². The number of hydrogen-bond donors (Lipinski definition) is 0. The third kappa shape index (κ3) is 2.86. The van der Waals surface area contributed by atoms with Gasteiger partial charge in [-0.05, 0) is 31.4 Å². The molecule has 2 unspecified atom stereocenters. The van der Waals surface area contributed by atoms with Crippen LogP contribution in [0.3, 0.4) is 0 Å². The zero-order valence-electron chi connectivity index (χ0n) is 11.3. The van der Waals surface area contributed by atoms with Gasteiger partial charge in [0.05, 0.1) is 24.6 Å². The van der Waals surface area contributed by atoms with Crippen LogP contribution >= 0.6 is 27.5 Å². The highest BCUT2D eigenvalue weighted by molar-refractivity contribution is 9.09. The van der Waals surface area contributed by atoms with E-state index in [0.717, 1.165) is 25.0 Å². The summed E-state index contributed by atoms with van der Waals surface area (Å²) in [6.45, 7) is 2.90. The predicted molar refractivity (Wildman–Crippen MR) is 79.8 cm³/mol. The largest absolute Gasteiger partial charge is 0.493 e. The summed E-state index contributed by atoms with van der Waals surface area (Å²) >= 11 is 10.1. The van der Waals surface area contributed by atoms with Crippen LogP contribution in [0.25, 0.3) is 0 Å². The average molecular weight is 350 g/mol. The molecule has 0 bridgehead atoms. The molecule has 1 saturated heterocycles. The van der Waals surface area contributed by atoms with Gasteiger partial charge in [-0.3, -0.25) is 0 Å². The molecule has 0 radical (unpaired) electrons. The van der Waals surface area contributed by atoms with Crippen LogP contribution in [0.5, 0.6) is 11.5 Å². The topological polar surface area (TPSA) is 27.7 Å². The molecule has 0 aromatic heterocycles. The van der Waals surface area contributed by atoms with Crippen molar-refractivity contribution < 1.29 is 14.2 Å². The van der Waals surface area contributed by atoms with Crippen molar-refractivity contribution in [1.29, 1.82) is 0 Å². The number of benzene rings is 1. The third-order valence-electron chi connectivity index (χ3n) is 3.56. The molecule has 1 aromatic carbocycles. The summed E-state index contributed by atoms with van der Waals surface area (Å²) < 4.78 is 16.4. The molecule has 1 aromatic rings. The monoisotopic (exact) mass is 348 g/mol. The van der Waals surface area contributed by atoms with Gasteiger partial charge in [-0.25, -0.2) is 0 Å². The second kappa shape index (κ2) is 5.90. The SMILES string of the molecule is COc1cc(Cl)c(C(Br)C2(C)CCCO2)cc1OC. The Balaban J connectivity index is 2.38. The quantitative estimate of drug-likeness (QED) is 0.756. The molecule has 0 spiro atoms. The van der Waals surface area contributed by atoms with Gasteiger partial charge >= 0.3 is 0 Å². The fraction of sp³-hybridized carbons (Fsp3) is 0.571. The average Bonchev–Trinajstić information content (AvgIpc) is 2.85. The summed E-state index contributed by atoms with van der Waals surface area (Å²) in [4.78, 5) is 0.0230. The number of ether oxygens (including phenoxy) is 3. The Hall–Kier alpha value is -0.450. The molecular formula is C14H18BrClO3. The minimum atomic E-state index is -0.233. The second-order valence-electron chi connectivity index (χ2n) is 4.86. The summed E-state index contributed by atoms with van der Waals surface area (Å²) in [5.74, 6) is 1.31. The van der Waals surface area contributed by atoms with Crippen LogP contribution in [0, 0.1) is 0 Å². The van der Waals surface area contributed by atoms with Crippen molar-refractivity contribution in [3.8, 4) is 11.5 Å². The van der Waals surface area contributed by atoms with Crippen molar-refractivity contribution in [2.24, 2.45) is 0 Å². The number of hydrogen-bond acceptors (Lipinski definition) is 3. The van der Waals surface area contributed by atoms with Gasteiger partial charge in [-0.1, -0.05) is 27.5 Å². The minimum absolute atomic E-state index is 0.0230. The van der Waals surface area contributed by atoms with E-state index in [-0.39, 0.29) is 10.4 Å². The van der Waals surface area contributed by atoms with Crippen molar-refractivity contribution in [1.82, 2.24) is 0 Å². The molecule has 1 aliphatic heterocycles. The van der Waals surface area contributed by atoms with Gasteiger partial charge in [-0.15, -0.1) is 0 Å². The van der Waals surface area contributed by atoms with Gasteiger partial charge in [0.15, 0.2) is 11.5 Å². The zero-order chi connectivity index (χ0) is 14.0. The molecule has 106 valence electrons. The van der Waals surface area contributed by atoms with Crippen LogP contribution in [0.2, 0.25) is 5.02 Å². The van der Waals surface area contributed by atoms with Crippen molar-refractivity contribution in [2.75, 3.05) is 20.8 Å². The fourth-order valence-electron chi connectivity index (χ4n) is 2.39. The molecular weight excluding hydrogens is 332 g/mol. The first-order valence-electron chi connectivity index (χ1n) is 6.21. The zero-order valence-corrected chi connectivity index (χ0v) is 13.7. The van der Waals surface area contributed by atoms with Gasteiger partial charge in [0.1, 0.15) is 0 Å². The van der Waals surface area contributed by atoms with Crippen LogP contribution in [-0.2, 0) is 4.74 Å². The fourth-order valence-corrected chi connectivity index (χ4v) is 3.53.